The fraction of sp³-hybridized carbons (Fsp3) is 0. The second kappa shape index (κ2) is 8.63. The van der Waals surface area contributed by atoms with Gasteiger partial charge in [-0.15, -0.1) is 0 Å². The number of rotatable bonds is 5. The molecule has 0 N–H and O–H groups in total. The maximum absolute atomic E-state index is 14.5. The maximum atomic E-state index is 14.5. The van der Waals surface area contributed by atoms with Crippen molar-refractivity contribution < 1.29 is 8.78 Å². The van der Waals surface area contributed by atoms with Crippen molar-refractivity contribution >= 4 is 21.6 Å². The summed E-state index contributed by atoms with van der Waals surface area (Å²) in [4.78, 5) is 1.57. The van der Waals surface area contributed by atoms with Crippen molar-refractivity contribution in [2.24, 2.45) is 0 Å². The fourth-order valence-corrected chi connectivity index (χ4v) is 4.84. The first-order chi connectivity index (χ1) is 13.7. The molecule has 0 heterocycles. The van der Waals surface area contributed by atoms with Gasteiger partial charge in [-0.25, -0.2) is 8.78 Å². The summed E-state index contributed by atoms with van der Waals surface area (Å²) in [5, 5.41) is 0. The van der Waals surface area contributed by atoms with Crippen molar-refractivity contribution in [3.05, 3.63) is 109 Å². The summed E-state index contributed by atoms with van der Waals surface area (Å²) in [6.45, 7) is 0. The minimum atomic E-state index is -0.262. The second-order valence-electron chi connectivity index (χ2n) is 6.18. The average Bonchev–Trinajstić information content (AvgIpc) is 2.74. The van der Waals surface area contributed by atoms with E-state index >= 15 is 0 Å². The lowest BCUT2D eigenvalue weighted by Crippen LogP contribution is -1.85. The van der Waals surface area contributed by atoms with Gasteiger partial charge in [-0.2, -0.15) is 0 Å². The topological polar surface area (TPSA) is 0 Å². The van der Waals surface area contributed by atoms with Gasteiger partial charge in [-0.1, -0.05) is 94.4 Å². The van der Waals surface area contributed by atoms with Gasteiger partial charge in [0.05, 0.1) is 0 Å². The molecule has 4 rings (SSSR count). The summed E-state index contributed by atoms with van der Waals surface area (Å²) < 4.78 is 29.0. The third-order valence-corrected chi connectivity index (χ3v) is 6.67. The molecule has 0 atom stereocenters. The highest BCUT2D eigenvalue weighted by molar-refractivity contribution is 8.76. The normalized spacial score (nSPS) is 10.8. The van der Waals surface area contributed by atoms with Crippen LogP contribution >= 0.6 is 21.6 Å². The third-order valence-electron chi connectivity index (χ3n) is 4.28. The van der Waals surface area contributed by atoms with Crippen LogP contribution in [0.1, 0.15) is 0 Å². The Morgan fingerprint density at radius 1 is 0.464 bits per heavy atom. The van der Waals surface area contributed by atoms with Gasteiger partial charge >= 0.3 is 0 Å². The smallest absolute Gasteiger partial charge is 0.132 e. The molecule has 4 aromatic rings. The van der Waals surface area contributed by atoms with E-state index in [9.17, 15) is 8.78 Å². The zero-order valence-electron chi connectivity index (χ0n) is 14.8. The zero-order valence-corrected chi connectivity index (χ0v) is 16.4. The van der Waals surface area contributed by atoms with Gasteiger partial charge in [-0.3, -0.25) is 0 Å². The lowest BCUT2D eigenvalue weighted by atomic mass is 10.1. The van der Waals surface area contributed by atoms with E-state index in [0.29, 0.717) is 11.1 Å². The first-order valence-corrected chi connectivity index (χ1v) is 10.9. The van der Waals surface area contributed by atoms with Crippen LogP contribution in [0.2, 0.25) is 0 Å². The molecule has 0 aliphatic heterocycles. The molecule has 0 aromatic heterocycles. The van der Waals surface area contributed by atoms with E-state index in [0.717, 1.165) is 20.9 Å². The predicted molar refractivity (Wildman–Crippen MR) is 115 cm³/mol. The van der Waals surface area contributed by atoms with Gasteiger partial charge in [0.15, 0.2) is 0 Å². The number of hydrogen-bond donors (Lipinski definition) is 0. The van der Waals surface area contributed by atoms with Crippen molar-refractivity contribution in [1.82, 2.24) is 0 Å². The molecule has 0 saturated carbocycles. The van der Waals surface area contributed by atoms with Gasteiger partial charge in [0, 0.05) is 20.9 Å². The Hall–Kier alpha value is -2.56. The summed E-state index contributed by atoms with van der Waals surface area (Å²) in [6.07, 6.45) is 0. The monoisotopic (exact) mass is 406 g/mol. The molecule has 0 aliphatic carbocycles. The van der Waals surface area contributed by atoms with Gasteiger partial charge in [0.1, 0.15) is 11.6 Å². The van der Waals surface area contributed by atoms with E-state index in [1.807, 2.05) is 72.8 Å². The predicted octanol–water partition coefficient (Wildman–Crippen LogP) is 8.10. The van der Waals surface area contributed by atoms with Gasteiger partial charge in [0.2, 0.25) is 0 Å². The minimum Gasteiger partial charge on any atom is -0.206 e. The molecule has 0 aliphatic rings. The van der Waals surface area contributed by atoms with Crippen molar-refractivity contribution in [2.75, 3.05) is 0 Å². The summed E-state index contributed by atoms with van der Waals surface area (Å²) in [5.41, 5.74) is 2.85. The molecule has 0 saturated heterocycles. The average molecular weight is 407 g/mol. The van der Waals surface area contributed by atoms with E-state index in [1.54, 1.807) is 12.1 Å². The highest BCUT2D eigenvalue weighted by atomic mass is 33.1. The van der Waals surface area contributed by atoms with E-state index in [-0.39, 0.29) is 11.6 Å². The SMILES string of the molecule is Fc1cc(SSc2ccc(-c3ccccc3)c(F)c2)ccc1-c1ccccc1. The second-order valence-corrected chi connectivity index (χ2v) is 8.46. The number of halogens is 2. The Bertz CT molecular complexity index is 991. The molecule has 0 fully saturated rings. The van der Waals surface area contributed by atoms with Crippen LogP contribution in [0.15, 0.2) is 107 Å². The standard InChI is InChI=1S/C24H16F2S2/c25-23-15-19(11-13-21(23)17-7-3-1-4-8-17)27-28-20-12-14-22(24(26)16-20)18-9-5-2-6-10-18/h1-16H. The van der Waals surface area contributed by atoms with E-state index < -0.39 is 0 Å². The highest BCUT2D eigenvalue weighted by Gasteiger charge is 2.09. The summed E-state index contributed by atoms with van der Waals surface area (Å²) >= 11 is 0. The number of benzene rings is 4. The molecule has 4 heteroatoms. The molecular formula is C24H16F2S2. The molecule has 4 aromatic carbocycles. The van der Waals surface area contributed by atoms with Gasteiger partial charge < -0.3 is 0 Å². The van der Waals surface area contributed by atoms with E-state index in [1.165, 1.54) is 33.7 Å². The molecular weight excluding hydrogens is 390 g/mol. The molecule has 0 bridgehead atoms. The molecule has 0 amide bonds. The Kier molecular flexibility index (Phi) is 5.79. The van der Waals surface area contributed by atoms with Crippen LogP contribution in [0.5, 0.6) is 0 Å². The molecule has 0 radical (unpaired) electrons. The lowest BCUT2D eigenvalue weighted by molar-refractivity contribution is 0.627. The maximum Gasteiger partial charge on any atom is 0.132 e. The minimum absolute atomic E-state index is 0.262. The number of hydrogen-bond acceptors (Lipinski definition) is 2. The molecule has 28 heavy (non-hydrogen) atoms. The van der Waals surface area contributed by atoms with E-state index in [2.05, 4.69) is 0 Å². The van der Waals surface area contributed by atoms with Crippen LogP contribution in [-0.2, 0) is 0 Å². The van der Waals surface area contributed by atoms with Gasteiger partial charge in [0.25, 0.3) is 0 Å². The Balaban J connectivity index is 1.47. The summed E-state index contributed by atoms with van der Waals surface area (Å²) in [5.74, 6) is -0.523. The highest BCUT2D eigenvalue weighted by Crippen LogP contribution is 2.40. The lowest BCUT2D eigenvalue weighted by Gasteiger charge is -2.08. The molecule has 0 spiro atoms. The first-order valence-electron chi connectivity index (χ1n) is 8.75. The zero-order chi connectivity index (χ0) is 19.3. The van der Waals surface area contributed by atoms with Crippen LogP contribution in [0.25, 0.3) is 22.3 Å². The van der Waals surface area contributed by atoms with Crippen molar-refractivity contribution in [3.63, 3.8) is 0 Å². The van der Waals surface area contributed by atoms with Crippen molar-refractivity contribution in [3.8, 4) is 22.3 Å². The third kappa shape index (κ3) is 4.29. The first kappa shape index (κ1) is 18.8. The van der Waals surface area contributed by atoms with Crippen LogP contribution in [0, 0.1) is 11.6 Å². The van der Waals surface area contributed by atoms with Crippen LogP contribution in [0.3, 0.4) is 0 Å². The van der Waals surface area contributed by atoms with Crippen LogP contribution in [-0.4, -0.2) is 0 Å². The van der Waals surface area contributed by atoms with Crippen LogP contribution < -0.4 is 0 Å². The Labute approximate surface area is 171 Å². The van der Waals surface area contributed by atoms with Crippen LogP contribution in [0.4, 0.5) is 8.78 Å². The summed E-state index contributed by atoms with van der Waals surface area (Å²) in [7, 11) is 2.82. The summed E-state index contributed by atoms with van der Waals surface area (Å²) in [6, 6.07) is 29.3. The van der Waals surface area contributed by atoms with Crippen molar-refractivity contribution in [1.29, 1.82) is 0 Å². The quantitative estimate of drug-likeness (QED) is 0.307. The van der Waals surface area contributed by atoms with Crippen molar-refractivity contribution in [2.45, 2.75) is 9.79 Å². The fourth-order valence-electron chi connectivity index (χ4n) is 2.90. The largest absolute Gasteiger partial charge is 0.206 e. The molecule has 0 unspecified atom stereocenters. The Morgan fingerprint density at radius 3 is 1.21 bits per heavy atom. The molecule has 138 valence electrons. The molecule has 0 nitrogen and oxygen atoms in total. The Morgan fingerprint density at radius 2 is 0.857 bits per heavy atom. The van der Waals surface area contributed by atoms with Gasteiger partial charge in [-0.05, 0) is 35.4 Å². The van der Waals surface area contributed by atoms with E-state index in [4.69, 9.17) is 0 Å².